The Hall–Kier alpha value is -4.30. The van der Waals surface area contributed by atoms with E-state index in [1.807, 2.05) is 30.3 Å². The largest absolute Gasteiger partial charge is 0.493 e. The monoisotopic (exact) mass is 529 g/mol. The molecular weight excluding hydrogens is 505 g/mol. The third-order valence-corrected chi connectivity index (χ3v) is 6.93. The van der Waals surface area contributed by atoms with Crippen LogP contribution in [-0.4, -0.2) is 36.3 Å². The van der Waals surface area contributed by atoms with Gasteiger partial charge < -0.3 is 14.2 Å². The molecule has 0 aromatic heterocycles. The third-order valence-electron chi connectivity index (χ3n) is 6.02. The molecule has 4 aromatic rings. The van der Waals surface area contributed by atoms with Gasteiger partial charge in [0.15, 0.2) is 11.5 Å². The molecule has 0 spiro atoms. The molecular formula is C30H24FNO5S. The van der Waals surface area contributed by atoms with Crippen molar-refractivity contribution >= 4 is 39.8 Å². The first kappa shape index (κ1) is 25.4. The van der Waals surface area contributed by atoms with E-state index in [2.05, 4.69) is 18.2 Å². The molecule has 2 amide bonds. The summed E-state index contributed by atoms with van der Waals surface area (Å²) in [6.45, 7) is 0.563. The number of carbonyl (C=O) groups excluding carboxylic acids is 2. The number of halogens is 1. The normalized spacial score (nSPS) is 14.4. The quantitative estimate of drug-likeness (QED) is 0.225. The van der Waals surface area contributed by atoms with Crippen LogP contribution in [-0.2, 0) is 11.4 Å². The van der Waals surface area contributed by atoms with Crippen molar-refractivity contribution in [3.63, 3.8) is 0 Å². The number of carbonyl (C=O) groups is 2. The number of imide groups is 1. The van der Waals surface area contributed by atoms with E-state index in [-0.39, 0.29) is 24.2 Å². The summed E-state index contributed by atoms with van der Waals surface area (Å²) in [5, 5.41) is 1.90. The van der Waals surface area contributed by atoms with Crippen LogP contribution in [0.25, 0.3) is 16.8 Å². The molecule has 1 heterocycles. The lowest BCUT2D eigenvalue weighted by Gasteiger charge is -2.13. The number of benzene rings is 4. The number of ether oxygens (including phenoxy) is 3. The van der Waals surface area contributed by atoms with Crippen LogP contribution in [0.4, 0.5) is 9.18 Å². The molecule has 0 saturated carbocycles. The maximum atomic E-state index is 13.0. The van der Waals surface area contributed by atoms with Crippen molar-refractivity contribution in [1.29, 1.82) is 0 Å². The summed E-state index contributed by atoms with van der Waals surface area (Å²) >= 11 is 0.872. The Morgan fingerprint density at radius 2 is 1.68 bits per heavy atom. The van der Waals surface area contributed by atoms with Crippen molar-refractivity contribution < 1.29 is 28.2 Å². The highest BCUT2D eigenvalue weighted by Crippen LogP contribution is 2.35. The first-order valence-electron chi connectivity index (χ1n) is 11.9. The van der Waals surface area contributed by atoms with Crippen LogP contribution >= 0.6 is 11.8 Å². The lowest BCUT2D eigenvalue weighted by Crippen LogP contribution is -2.32. The van der Waals surface area contributed by atoms with E-state index >= 15 is 0 Å². The van der Waals surface area contributed by atoms with Crippen LogP contribution in [0.5, 0.6) is 17.2 Å². The summed E-state index contributed by atoms with van der Waals surface area (Å²) in [6, 6.07) is 25.2. The summed E-state index contributed by atoms with van der Waals surface area (Å²) in [5.41, 5.74) is 1.76. The lowest BCUT2D eigenvalue weighted by molar-refractivity contribution is -0.123. The minimum Gasteiger partial charge on any atom is -0.493 e. The SMILES string of the molecule is COc1cc(/C=C2\SC(=O)N(CCOc3ccc(F)cc3)C2=O)ccc1OCc1cccc2ccccc12. The van der Waals surface area contributed by atoms with Crippen LogP contribution < -0.4 is 14.2 Å². The summed E-state index contributed by atoms with van der Waals surface area (Å²) in [7, 11) is 1.55. The molecule has 6 nitrogen and oxygen atoms in total. The van der Waals surface area contributed by atoms with Gasteiger partial charge in [0.25, 0.3) is 11.1 Å². The van der Waals surface area contributed by atoms with Gasteiger partial charge in [-0.05, 0) is 76.1 Å². The van der Waals surface area contributed by atoms with E-state index < -0.39 is 5.91 Å². The third kappa shape index (κ3) is 5.65. The van der Waals surface area contributed by atoms with Crippen LogP contribution in [0.3, 0.4) is 0 Å². The van der Waals surface area contributed by atoms with E-state index in [0.29, 0.717) is 34.3 Å². The highest BCUT2D eigenvalue weighted by molar-refractivity contribution is 8.18. The molecule has 0 atom stereocenters. The minimum absolute atomic E-state index is 0.0870. The first-order chi connectivity index (χ1) is 18.5. The number of hydrogen-bond donors (Lipinski definition) is 0. The molecule has 1 fully saturated rings. The first-order valence-corrected chi connectivity index (χ1v) is 12.7. The zero-order valence-corrected chi connectivity index (χ0v) is 21.4. The predicted molar refractivity (Wildman–Crippen MR) is 146 cm³/mol. The second-order valence-electron chi connectivity index (χ2n) is 8.47. The second-order valence-corrected chi connectivity index (χ2v) is 9.47. The summed E-state index contributed by atoms with van der Waals surface area (Å²) < 4.78 is 30.2. The number of methoxy groups -OCH3 is 1. The van der Waals surface area contributed by atoms with Gasteiger partial charge in [-0.3, -0.25) is 14.5 Å². The Kier molecular flexibility index (Phi) is 7.60. The van der Waals surface area contributed by atoms with Gasteiger partial charge in [-0.1, -0.05) is 48.5 Å². The van der Waals surface area contributed by atoms with Gasteiger partial charge in [0, 0.05) is 0 Å². The molecule has 192 valence electrons. The molecule has 0 bridgehead atoms. The van der Waals surface area contributed by atoms with E-state index in [1.54, 1.807) is 25.3 Å². The highest BCUT2D eigenvalue weighted by Gasteiger charge is 2.34. The smallest absolute Gasteiger partial charge is 0.293 e. The number of rotatable bonds is 9. The van der Waals surface area contributed by atoms with Crippen molar-refractivity contribution in [2.24, 2.45) is 0 Å². The maximum Gasteiger partial charge on any atom is 0.293 e. The number of thioether (sulfide) groups is 1. The summed E-state index contributed by atoms with van der Waals surface area (Å²) in [5.74, 6) is 0.797. The average Bonchev–Trinajstić information content (AvgIpc) is 3.20. The van der Waals surface area contributed by atoms with E-state index in [9.17, 15) is 14.0 Å². The summed E-state index contributed by atoms with van der Waals surface area (Å²) in [4.78, 5) is 26.7. The molecule has 1 aliphatic heterocycles. The molecule has 0 radical (unpaired) electrons. The Balaban J connectivity index is 1.24. The van der Waals surface area contributed by atoms with Gasteiger partial charge in [-0.2, -0.15) is 0 Å². The van der Waals surface area contributed by atoms with Crippen LogP contribution in [0.1, 0.15) is 11.1 Å². The molecule has 8 heteroatoms. The topological polar surface area (TPSA) is 65.1 Å². The molecule has 38 heavy (non-hydrogen) atoms. The van der Waals surface area contributed by atoms with Gasteiger partial charge in [0.1, 0.15) is 24.8 Å². The Morgan fingerprint density at radius 3 is 2.50 bits per heavy atom. The van der Waals surface area contributed by atoms with Crippen molar-refractivity contribution in [1.82, 2.24) is 4.90 Å². The molecule has 0 unspecified atom stereocenters. The van der Waals surface area contributed by atoms with Crippen molar-refractivity contribution in [2.45, 2.75) is 6.61 Å². The number of fused-ring (bicyclic) bond motifs is 1. The minimum atomic E-state index is -0.391. The van der Waals surface area contributed by atoms with Gasteiger partial charge in [-0.25, -0.2) is 4.39 Å². The molecule has 0 aliphatic carbocycles. The van der Waals surface area contributed by atoms with Crippen LogP contribution in [0, 0.1) is 5.82 Å². The fourth-order valence-corrected chi connectivity index (χ4v) is 4.96. The molecule has 1 saturated heterocycles. The Morgan fingerprint density at radius 1 is 0.895 bits per heavy atom. The van der Waals surface area contributed by atoms with E-state index in [1.165, 1.54) is 24.3 Å². The van der Waals surface area contributed by atoms with Crippen LogP contribution in [0.15, 0.2) is 89.8 Å². The van der Waals surface area contributed by atoms with Gasteiger partial charge in [-0.15, -0.1) is 0 Å². The molecule has 0 N–H and O–H groups in total. The Bertz CT molecular complexity index is 1510. The predicted octanol–water partition coefficient (Wildman–Crippen LogP) is 6.68. The number of hydrogen-bond acceptors (Lipinski definition) is 6. The van der Waals surface area contributed by atoms with Crippen molar-refractivity contribution in [3.8, 4) is 17.2 Å². The zero-order valence-electron chi connectivity index (χ0n) is 20.6. The van der Waals surface area contributed by atoms with Crippen molar-refractivity contribution in [2.75, 3.05) is 20.3 Å². The summed E-state index contributed by atoms with van der Waals surface area (Å²) in [6.07, 6.45) is 1.66. The average molecular weight is 530 g/mol. The maximum absolute atomic E-state index is 13.0. The molecule has 4 aromatic carbocycles. The standard InChI is InChI=1S/C30H24FNO5S/c1-35-27-17-20(9-14-26(27)37-19-22-7-4-6-21-5-2-3-8-25(21)22)18-28-29(33)32(30(34)38-28)15-16-36-24-12-10-23(31)11-13-24/h2-14,17-18H,15-16,19H2,1H3/b28-18-. The highest BCUT2D eigenvalue weighted by atomic mass is 32.2. The lowest BCUT2D eigenvalue weighted by atomic mass is 10.1. The van der Waals surface area contributed by atoms with Gasteiger partial charge >= 0.3 is 0 Å². The molecule has 1 aliphatic rings. The second kappa shape index (κ2) is 11.4. The molecule has 5 rings (SSSR count). The van der Waals surface area contributed by atoms with E-state index in [4.69, 9.17) is 14.2 Å². The fraction of sp³-hybridized carbons (Fsp3) is 0.133. The zero-order chi connectivity index (χ0) is 26.5. The van der Waals surface area contributed by atoms with Crippen LogP contribution in [0.2, 0.25) is 0 Å². The number of amides is 2. The van der Waals surface area contributed by atoms with Gasteiger partial charge in [0.05, 0.1) is 18.6 Å². The van der Waals surface area contributed by atoms with E-state index in [0.717, 1.165) is 33.0 Å². The van der Waals surface area contributed by atoms with Crippen molar-refractivity contribution in [3.05, 3.63) is 107 Å². The number of nitrogens with zero attached hydrogens (tertiary/aromatic N) is 1. The fourth-order valence-electron chi connectivity index (χ4n) is 4.10. The van der Waals surface area contributed by atoms with Gasteiger partial charge in [0.2, 0.25) is 0 Å². The Labute approximate surface area is 223 Å².